The van der Waals surface area contributed by atoms with E-state index in [1.165, 1.54) is 0 Å². The zero-order valence-corrected chi connectivity index (χ0v) is 9.24. The largest absolute Gasteiger partial charge is 0.324 e. The molecule has 1 aromatic carbocycles. The number of azide groups is 1. The van der Waals surface area contributed by atoms with Crippen molar-refractivity contribution in [2.24, 2.45) is 5.11 Å². The van der Waals surface area contributed by atoms with Crippen molar-refractivity contribution in [2.45, 2.75) is 6.92 Å². The van der Waals surface area contributed by atoms with Crippen LogP contribution in [-0.4, -0.2) is 10.5 Å². The molecule has 2 rings (SSSR count). The third kappa shape index (κ3) is 2.19. The highest BCUT2D eigenvalue weighted by molar-refractivity contribution is 5.95. The highest BCUT2D eigenvalue weighted by atomic mass is 16.1. The predicted molar refractivity (Wildman–Crippen MR) is 64.0 cm³/mol. The van der Waals surface area contributed by atoms with E-state index in [9.17, 15) is 4.79 Å². The van der Waals surface area contributed by atoms with Gasteiger partial charge < -0.3 is 4.57 Å². The lowest BCUT2D eigenvalue weighted by atomic mass is 10.1. The summed E-state index contributed by atoms with van der Waals surface area (Å²) >= 11 is 0. The molecule has 17 heavy (non-hydrogen) atoms. The molecule has 1 heterocycles. The van der Waals surface area contributed by atoms with E-state index in [-0.39, 0.29) is 0 Å². The van der Waals surface area contributed by atoms with Gasteiger partial charge in [0.1, 0.15) is 0 Å². The van der Waals surface area contributed by atoms with E-state index in [2.05, 4.69) is 10.0 Å². The van der Waals surface area contributed by atoms with Gasteiger partial charge in [0.2, 0.25) is 5.91 Å². The first kappa shape index (κ1) is 11.0. The van der Waals surface area contributed by atoms with E-state index in [0.29, 0.717) is 5.56 Å². The van der Waals surface area contributed by atoms with E-state index in [4.69, 9.17) is 5.53 Å². The third-order valence-electron chi connectivity index (χ3n) is 2.46. The standard InChI is InChI=1S/C12H10N4O/c1-9-8-10(12(17)14-15-13)4-5-11(9)16-6-2-3-7-16/h2-8H,1H3. The summed E-state index contributed by atoms with van der Waals surface area (Å²) in [5, 5.41) is 3.06. The number of rotatable bonds is 2. The summed E-state index contributed by atoms with van der Waals surface area (Å²) in [5.74, 6) is -0.561. The molecule has 5 heteroatoms. The topological polar surface area (TPSA) is 70.8 Å². The molecule has 2 aromatic rings. The lowest BCUT2D eigenvalue weighted by Crippen LogP contribution is -1.98. The molecular formula is C12H10N4O. The number of hydrogen-bond acceptors (Lipinski definition) is 1. The summed E-state index contributed by atoms with van der Waals surface area (Å²) in [6, 6.07) is 9.05. The molecule has 5 nitrogen and oxygen atoms in total. The number of benzene rings is 1. The molecule has 84 valence electrons. The molecule has 0 fully saturated rings. The zero-order chi connectivity index (χ0) is 12.3. The van der Waals surface area contributed by atoms with Gasteiger partial charge in [0.05, 0.1) is 0 Å². The molecule has 0 unspecified atom stereocenters. The summed E-state index contributed by atoms with van der Waals surface area (Å²) in [6.45, 7) is 1.90. The fourth-order valence-electron chi connectivity index (χ4n) is 1.67. The first-order valence-electron chi connectivity index (χ1n) is 5.06. The Morgan fingerprint density at radius 3 is 2.65 bits per heavy atom. The number of carbonyl (C=O) groups excluding carboxylic acids is 1. The average Bonchev–Trinajstić information content (AvgIpc) is 2.82. The van der Waals surface area contributed by atoms with Gasteiger partial charge in [-0.3, -0.25) is 4.79 Å². The summed E-state index contributed by atoms with van der Waals surface area (Å²) in [7, 11) is 0. The first-order valence-corrected chi connectivity index (χ1v) is 5.06. The summed E-state index contributed by atoms with van der Waals surface area (Å²) in [5.41, 5.74) is 10.5. The van der Waals surface area contributed by atoms with Gasteiger partial charge in [0, 0.05) is 28.6 Å². The van der Waals surface area contributed by atoms with Crippen LogP contribution in [0, 0.1) is 6.92 Å². The van der Waals surface area contributed by atoms with Crippen LogP contribution >= 0.6 is 0 Å². The van der Waals surface area contributed by atoms with Crippen LogP contribution < -0.4 is 0 Å². The smallest absolute Gasteiger partial charge is 0.249 e. The number of aromatic nitrogens is 1. The summed E-state index contributed by atoms with van der Waals surface area (Å²) in [4.78, 5) is 13.9. The SMILES string of the molecule is Cc1cc(C(=O)N=[N+]=[N-])ccc1-n1cccc1. The lowest BCUT2D eigenvalue weighted by molar-refractivity contribution is 0.100. The van der Waals surface area contributed by atoms with Crippen molar-refractivity contribution in [3.63, 3.8) is 0 Å². The van der Waals surface area contributed by atoms with Crippen LogP contribution in [0.3, 0.4) is 0 Å². The van der Waals surface area contributed by atoms with Gasteiger partial charge >= 0.3 is 0 Å². The van der Waals surface area contributed by atoms with Crippen molar-refractivity contribution in [3.8, 4) is 5.69 Å². The fourth-order valence-corrected chi connectivity index (χ4v) is 1.67. The Labute approximate surface area is 97.9 Å². The van der Waals surface area contributed by atoms with E-state index in [0.717, 1.165) is 11.3 Å². The molecular weight excluding hydrogens is 216 g/mol. The molecule has 1 amide bonds. The molecule has 0 saturated carbocycles. The number of nitrogens with zero attached hydrogens (tertiary/aromatic N) is 4. The molecule has 0 saturated heterocycles. The van der Waals surface area contributed by atoms with Crippen LogP contribution in [0.4, 0.5) is 0 Å². The number of hydrogen-bond donors (Lipinski definition) is 0. The third-order valence-corrected chi connectivity index (χ3v) is 2.46. The molecule has 0 atom stereocenters. The minimum atomic E-state index is -0.561. The minimum absolute atomic E-state index is 0.399. The first-order chi connectivity index (χ1) is 8.22. The second-order valence-electron chi connectivity index (χ2n) is 3.59. The van der Waals surface area contributed by atoms with E-state index in [1.54, 1.807) is 12.1 Å². The number of amides is 1. The maximum atomic E-state index is 11.4. The van der Waals surface area contributed by atoms with Crippen LogP contribution in [-0.2, 0) is 0 Å². The van der Waals surface area contributed by atoms with Crippen LogP contribution in [0.5, 0.6) is 0 Å². The molecule has 0 spiro atoms. The Morgan fingerprint density at radius 2 is 2.06 bits per heavy atom. The Balaban J connectivity index is 2.42. The Hall–Kier alpha value is -2.52. The zero-order valence-electron chi connectivity index (χ0n) is 9.24. The van der Waals surface area contributed by atoms with Gasteiger partial charge in [-0.05, 0) is 53.5 Å². The maximum Gasteiger partial charge on any atom is 0.249 e. The quantitative estimate of drug-likeness (QED) is 0.440. The van der Waals surface area contributed by atoms with E-state index >= 15 is 0 Å². The summed E-state index contributed by atoms with van der Waals surface area (Å²) in [6.07, 6.45) is 3.86. The molecule has 0 aliphatic heterocycles. The second kappa shape index (κ2) is 4.55. The highest BCUT2D eigenvalue weighted by Gasteiger charge is 2.06. The predicted octanol–water partition coefficient (Wildman–Crippen LogP) is 3.24. The molecule has 0 radical (unpaired) electrons. The van der Waals surface area contributed by atoms with Gasteiger partial charge in [0.25, 0.3) is 0 Å². The van der Waals surface area contributed by atoms with Gasteiger partial charge in [0.15, 0.2) is 0 Å². The average molecular weight is 226 g/mol. The van der Waals surface area contributed by atoms with E-state index in [1.807, 2.05) is 42.1 Å². The maximum absolute atomic E-state index is 11.4. The molecule has 0 bridgehead atoms. The van der Waals surface area contributed by atoms with Crippen LogP contribution in [0.25, 0.3) is 16.1 Å². The fraction of sp³-hybridized carbons (Fsp3) is 0.0833. The molecule has 0 aliphatic carbocycles. The number of aryl methyl sites for hydroxylation is 1. The van der Waals surface area contributed by atoms with Crippen molar-refractivity contribution in [1.82, 2.24) is 4.57 Å². The molecule has 1 aromatic heterocycles. The molecule has 0 N–H and O–H groups in total. The van der Waals surface area contributed by atoms with E-state index < -0.39 is 5.91 Å². The van der Waals surface area contributed by atoms with Crippen LogP contribution in [0.15, 0.2) is 47.8 Å². The van der Waals surface area contributed by atoms with Crippen molar-refractivity contribution >= 4 is 5.91 Å². The van der Waals surface area contributed by atoms with Gasteiger partial charge in [-0.2, -0.15) is 0 Å². The Bertz CT molecular complexity index is 595. The normalized spacial score (nSPS) is 9.71. The Morgan fingerprint density at radius 1 is 1.35 bits per heavy atom. The lowest BCUT2D eigenvalue weighted by Gasteiger charge is -2.08. The van der Waals surface area contributed by atoms with Crippen molar-refractivity contribution in [2.75, 3.05) is 0 Å². The monoisotopic (exact) mass is 226 g/mol. The Kier molecular flexibility index (Phi) is 2.94. The van der Waals surface area contributed by atoms with Gasteiger partial charge in [-0.1, -0.05) is 0 Å². The van der Waals surface area contributed by atoms with Gasteiger partial charge in [-0.15, -0.1) is 0 Å². The minimum Gasteiger partial charge on any atom is -0.324 e. The van der Waals surface area contributed by atoms with Crippen LogP contribution in [0.1, 0.15) is 15.9 Å². The highest BCUT2D eigenvalue weighted by Crippen LogP contribution is 2.16. The van der Waals surface area contributed by atoms with Crippen molar-refractivity contribution in [3.05, 3.63) is 64.3 Å². The van der Waals surface area contributed by atoms with Crippen molar-refractivity contribution in [1.29, 1.82) is 0 Å². The molecule has 0 aliphatic rings. The van der Waals surface area contributed by atoms with Gasteiger partial charge in [-0.25, -0.2) is 0 Å². The number of carbonyl (C=O) groups is 1. The van der Waals surface area contributed by atoms with Crippen molar-refractivity contribution < 1.29 is 4.79 Å². The van der Waals surface area contributed by atoms with Crippen LogP contribution in [0.2, 0.25) is 0 Å². The summed E-state index contributed by atoms with van der Waals surface area (Å²) < 4.78 is 1.96. The second-order valence-corrected chi connectivity index (χ2v) is 3.59.